The summed E-state index contributed by atoms with van der Waals surface area (Å²) in [6, 6.07) is 15.9. The molecule has 190 valence electrons. The molecular formula is C29H34FN3O2S. The van der Waals surface area contributed by atoms with Crippen LogP contribution in [-0.4, -0.2) is 34.3 Å². The van der Waals surface area contributed by atoms with Crippen LogP contribution in [0, 0.1) is 19.7 Å². The monoisotopic (exact) mass is 507 g/mol. The predicted molar refractivity (Wildman–Crippen MR) is 143 cm³/mol. The van der Waals surface area contributed by atoms with Gasteiger partial charge in [-0.25, -0.2) is 9.18 Å². The van der Waals surface area contributed by atoms with E-state index in [9.17, 15) is 14.0 Å². The number of hydrogen-bond acceptors (Lipinski definition) is 3. The summed E-state index contributed by atoms with van der Waals surface area (Å²) in [7, 11) is 0. The van der Waals surface area contributed by atoms with Gasteiger partial charge in [-0.15, -0.1) is 11.3 Å². The fourth-order valence-corrected chi connectivity index (χ4v) is 5.55. The Hall–Kier alpha value is -3.19. The summed E-state index contributed by atoms with van der Waals surface area (Å²) >= 11 is 1.59. The number of rotatable bonds is 8. The van der Waals surface area contributed by atoms with Gasteiger partial charge in [-0.2, -0.15) is 0 Å². The number of carbonyl (C=O) groups is 2. The molecule has 1 fully saturated rings. The van der Waals surface area contributed by atoms with Gasteiger partial charge in [0.05, 0.1) is 6.54 Å². The van der Waals surface area contributed by atoms with Crippen LogP contribution in [0.5, 0.6) is 0 Å². The molecular weight excluding hydrogens is 473 g/mol. The number of amides is 3. The molecule has 0 saturated heterocycles. The third kappa shape index (κ3) is 6.72. The maximum absolute atomic E-state index is 13.7. The Morgan fingerprint density at radius 2 is 1.64 bits per heavy atom. The van der Waals surface area contributed by atoms with Crippen molar-refractivity contribution in [2.45, 2.75) is 65.1 Å². The lowest BCUT2D eigenvalue weighted by Crippen LogP contribution is -2.49. The van der Waals surface area contributed by atoms with E-state index in [-0.39, 0.29) is 30.3 Å². The van der Waals surface area contributed by atoms with Crippen molar-refractivity contribution in [1.82, 2.24) is 9.80 Å². The summed E-state index contributed by atoms with van der Waals surface area (Å²) < 4.78 is 13.5. The summed E-state index contributed by atoms with van der Waals surface area (Å²) in [5, 5.41) is 5.09. The Morgan fingerprint density at radius 1 is 0.944 bits per heavy atom. The molecule has 2 aromatic carbocycles. The fourth-order valence-electron chi connectivity index (χ4n) is 4.83. The third-order valence-electron chi connectivity index (χ3n) is 6.86. The van der Waals surface area contributed by atoms with Gasteiger partial charge in [0, 0.05) is 23.2 Å². The van der Waals surface area contributed by atoms with Crippen molar-refractivity contribution in [1.29, 1.82) is 0 Å². The molecule has 5 nitrogen and oxygen atoms in total. The van der Waals surface area contributed by atoms with Crippen molar-refractivity contribution in [2.24, 2.45) is 0 Å². The standard InChI is InChI=1S/C29H34FN3O2S/c1-21-8-6-9-22(2)28(21)31-29(35)33(25-10-4-3-5-11-25)20-27(34)32(19-26-12-7-17-36-26)18-23-13-15-24(30)16-14-23/h6-9,12-17,25H,3-5,10-11,18-20H2,1-2H3,(H,31,35). The zero-order valence-electron chi connectivity index (χ0n) is 21.0. The van der Waals surface area contributed by atoms with Crippen LogP contribution in [0.2, 0.25) is 0 Å². The highest BCUT2D eigenvalue weighted by Gasteiger charge is 2.30. The Bertz CT molecular complexity index is 1140. The minimum atomic E-state index is -0.304. The first-order valence-corrected chi connectivity index (χ1v) is 13.5. The Kier molecular flexibility index (Phi) is 8.75. The molecule has 36 heavy (non-hydrogen) atoms. The number of halogens is 1. The molecule has 0 radical (unpaired) electrons. The molecule has 0 aliphatic heterocycles. The minimum absolute atomic E-state index is 0.00794. The van der Waals surface area contributed by atoms with Gasteiger partial charge < -0.3 is 15.1 Å². The first-order chi connectivity index (χ1) is 17.4. The summed E-state index contributed by atoms with van der Waals surface area (Å²) in [6.45, 7) is 4.77. The summed E-state index contributed by atoms with van der Waals surface area (Å²) in [4.78, 5) is 31.9. The smallest absolute Gasteiger partial charge is 0.322 e. The van der Waals surface area contributed by atoms with Gasteiger partial charge in [-0.1, -0.05) is 55.7 Å². The molecule has 7 heteroatoms. The van der Waals surface area contributed by atoms with E-state index in [1.54, 1.807) is 33.3 Å². The zero-order chi connectivity index (χ0) is 25.5. The SMILES string of the molecule is Cc1cccc(C)c1NC(=O)N(CC(=O)N(Cc1ccc(F)cc1)Cc1cccs1)C1CCCCC1. The second kappa shape index (κ2) is 12.2. The van der Waals surface area contributed by atoms with Crippen LogP contribution in [0.1, 0.15) is 53.7 Å². The number of urea groups is 1. The van der Waals surface area contributed by atoms with Crippen molar-refractivity contribution < 1.29 is 14.0 Å². The average Bonchev–Trinajstić information content (AvgIpc) is 3.39. The molecule has 1 aliphatic carbocycles. The Balaban J connectivity index is 1.56. The molecule has 0 spiro atoms. The van der Waals surface area contributed by atoms with Crippen LogP contribution in [0.4, 0.5) is 14.9 Å². The molecule has 3 aromatic rings. The van der Waals surface area contributed by atoms with Crippen molar-refractivity contribution in [3.63, 3.8) is 0 Å². The fraction of sp³-hybridized carbons (Fsp3) is 0.379. The summed E-state index contributed by atoms with van der Waals surface area (Å²) in [5.74, 6) is -0.420. The highest BCUT2D eigenvalue weighted by atomic mass is 32.1. The molecule has 1 saturated carbocycles. The third-order valence-corrected chi connectivity index (χ3v) is 7.72. The van der Waals surface area contributed by atoms with Gasteiger partial charge in [0.15, 0.2) is 0 Å². The minimum Gasteiger partial charge on any atom is -0.332 e. The quantitative estimate of drug-likeness (QED) is 0.361. The van der Waals surface area contributed by atoms with E-state index in [1.807, 2.05) is 49.6 Å². The molecule has 4 rings (SSSR count). The van der Waals surface area contributed by atoms with Gasteiger partial charge in [-0.05, 0) is 67.0 Å². The first-order valence-electron chi connectivity index (χ1n) is 12.6. The van der Waals surface area contributed by atoms with Gasteiger partial charge >= 0.3 is 6.03 Å². The lowest BCUT2D eigenvalue weighted by atomic mass is 9.94. The Labute approximate surface area is 216 Å². The van der Waals surface area contributed by atoms with Gasteiger partial charge in [0.2, 0.25) is 5.91 Å². The Morgan fingerprint density at radius 3 is 2.28 bits per heavy atom. The van der Waals surface area contributed by atoms with Gasteiger partial charge in [0.25, 0.3) is 0 Å². The molecule has 0 unspecified atom stereocenters. The van der Waals surface area contributed by atoms with E-state index < -0.39 is 0 Å². The van der Waals surface area contributed by atoms with Crippen LogP contribution in [0.15, 0.2) is 60.0 Å². The molecule has 1 aromatic heterocycles. The first kappa shape index (κ1) is 25.9. The van der Waals surface area contributed by atoms with E-state index in [4.69, 9.17) is 0 Å². The number of nitrogens with one attached hydrogen (secondary N) is 1. The number of hydrogen-bond donors (Lipinski definition) is 1. The topological polar surface area (TPSA) is 52.7 Å². The van der Waals surface area contributed by atoms with E-state index >= 15 is 0 Å². The number of nitrogens with zero attached hydrogens (tertiary/aromatic N) is 2. The number of benzene rings is 2. The highest BCUT2D eigenvalue weighted by Crippen LogP contribution is 2.26. The predicted octanol–water partition coefficient (Wildman–Crippen LogP) is 6.90. The number of thiophene rings is 1. The van der Waals surface area contributed by atoms with Gasteiger partial charge in [-0.3, -0.25) is 4.79 Å². The van der Waals surface area contributed by atoms with Crippen LogP contribution in [0.3, 0.4) is 0 Å². The van der Waals surface area contributed by atoms with Crippen molar-refractivity contribution in [3.8, 4) is 0 Å². The van der Waals surface area contributed by atoms with E-state index in [2.05, 4.69) is 5.32 Å². The molecule has 1 heterocycles. The summed E-state index contributed by atoms with van der Waals surface area (Å²) in [6.07, 6.45) is 5.07. The maximum Gasteiger partial charge on any atom is 0.322 e. The van der Waals surface area contributed by atoms with Crippen LogP contribution in [-0.2, 0) is 17.9 Å². The second-order valence-corrected chi connectivity index (χ2v) is 10.6. The molecule has 3 amide bonds. The molecule has 1 N–H and O–H groups in total. The molecule has 1 aliphatic rings. The van der Waals surface area contributed by atoms with E-state index in [0.717, 1.165) is 59.4 Å². The number of anilines is 1. The number of para-hydroxylation sites is 1. The summed E-state index contributed by atoms with van der Waals surface area (Å²) in [5.41, 5.74) is 3.64. The van der Waals surface area contributed by atoms with Crippen molar-refractivity contribution in [2.75, 3.05) is 11.9 Å². The number of carbonyl (C=O) groups excluding carboxylic acids is 2. The van der Waals surface area contributed by atoms with Crippen molar-refractivity contribution in [3.05, 3.63) is 87.4 Å². The van der Waals surface area contributed by atoms with Crippen LogP contribution < -0.4 is 5.32 Å². The maximum atomic E-state index is 13.7. The zero-order valence-corrected chi connectivity index (χ0v) is 21.8. The van der Waals surface area contributed by atoms with E-state index in [1.165, 1.54) is 12.1 Å². The van der Waals surface area contributed by atoms with Crippen molar-refractivity contribution >= 4 is 29.0 Å². The van der Waals surface area contributed by atoms with E-state index in [0.29, 0.717) is 13.1 Å². The van der Waals surface area contributed by atoms with Crippen LogP contribution in [0.25, 0.3) is 0 Å². The lowest BCUT2D eigenvalue weighted by Gasteiger charge is -2.35. The second-order valence-electron chi connectivity index (χ2n) is 9.57. The van der Waals surface area contributed by atoms with Crippen LogP contribution >= 0.6 is 11.3 Å². The largest absolute Gasteiger partial charge is 0.332 e. The van der Waals surface area contributed by atoms with Gasteiger partial charge in [0.1, 0.15) is 12.4 Å². The number of aryl methyl sites for hydroxylation is 2. The molecule has 0 bridgehead atoms. The highest BCUT2D eigenvalue weighted by molar-refractivity contribution is 7.09. The normalized spacial score (nSPS) is 13.9. The lowest BCUT2D eigenvalue weighted by molar-refractivity contribution is -0.133. The molecule has 0 atom stereocenters. The average molecular weight is 508 g/mol.